The summed E-state index contributed by atoms with van der Waals surface area (Å²) >= 11 is 0. The summed E-state index contributed by atoms with van der Waals surface area (Å²) in [5.41, 5.74) is 15.7. The molecule has 0 saturated carbocycles. The lowest BCUT2D eigenvalue weighted by Crippen LogP contribution is -2.54. The van der Waals surface area contributed by atoms with Crippen molar-refractivity contribution < 1.29 is 33.9 Å². The van der Waals surface area contributed by atoms with E-state index < -0.39 is 66.6 Å². The monoisotopic (exact) mass is 430 g/mol. The minimum Gasteiger partial charge on any atom is -0.480 e. The summed E-state index contributed by atoms with van der Waals surface area (Å²) in [6, 6.07) is -3.70. The number of carboxylic acids is 1. The van der Waals surface area contributed by atoms with Crippen LogP contribution in [-0.4, -0.2) is 65.3 Å². The van der Waals surface area contributed by atoms with Crippen molar-refractivity contribution >= 4 is 35.5 Å². The standard InChI is InChI=1S/C17H30N6O7/c1-3-8(2)14(17(29)30)23-13(26)7-21-16(28)10(6-12(20)25)22-15(27)9(18)4-5-11(19)24/h8-10,14H,3-7,18H2,1-2H3,(H2,19,24)(H2,20,25)(H,21,28)(H,22,27)(H,23,26)(H,29,30). The van der Waals surface area contributed by atoms with E-state index >= 15 is 0 Å². The molecule has 10 N–H and O–H groups in total. The van der Waals surface area contributed by atoms with Crippen molar-refractivity contribution in [2.75, 3.05) is 6.54 Å². The van der Waals surface area contributed by atoms with Crippen LogP contribution in [0, 0.1) is 5.92 Å². The maximum absolute atomic E-state index is 12.3. The molecule has 0 bridgehead atoms. The van der Waals surface area contributed by atoms with E-state index in [2.05, 4.69) is 16.0 Å². The predicted octanol–water partition coefficient (Wildman–Crippen LogP) is -3.33. The molecule has 0 spiro atoms. The topological polar surface area (TPSA) is 237 Å². The van der Waals surface area contributed by atoms with Crippen LogP contribution in [0.4, 0.5) is 0 Å². The zero-order valence-corrected chi connectivity index (χ0v) is 17.0. The molecule has 13 heteroatoms. The Labute approximate surface area is 173 Å². The molecule has 5 amide bonds. The van der Waals surface area contributed by atoms with Gasteiger partial charge in [-0.15, -0.1) is 0 Å². The Morgan fingerprint density at radius 1 is 0.967 bits per heavy atom. The number of nitrogens with one attached hydrogen (secondary N) is 3. The summed E-state index contributed by atoms with van der Waals surface area (Å²) in [4.78, 5) is 69.5. The van der Waals surface area contributed by atoms with Crippen LogP contribution in [0.1, 0.15) is 39.5 Å². The highest BCUT2D eigenvalue weighted by Crippen LogP contribution is 2.07. The van der Waals surface area contributed by atoms with Crippen LogP contribution in [0.3, 0.4) is 0 Å². The molecule has 13 nitrogen and oxygen atoms in total. The first-order valence-electron chi connectivity index (χ1n) is 9.31. The fourth-order valence-electron chi connectivity index (χ4n) is 2.32. The van der Waals surface area contributed by atoms with Gasteiger partial charge in [0, 0.05) is 6.42 Å². The largest absolute Gasteiger partial charge is 0.480 e. The summed E-state index contributed by atoms with van der Waals surface area (Å²) < 4.78 is 0. The second-order valence-corrected chi connectivity index (χ2v) is 6.83. The van der Waals surface area contributed by atoms with Crippen LogP contribution < -0.4 is 33.2 Å². The van der Waals surface area contributed by atoms with Crippen LogP contribution >= 0.6 is 0 Å². The normalized spacial score (nSPS) is 14.5. The molecule has 0 aromatic heterocycles. The molecule has 0 saturated heterocycles. The highest BCUT2D eigenvalue weighted by atomic mass is 16.4. The van der Waals surface area contributed by atoms with Crippen molar-refractivity contribution in [3.63, 3.8) is 0 Å². The zero-order valence-electron chi connectivity index (χ0n) is 17.0. The van der Waals surface area contributed by atoms with Crippen LogP contribution in [0.2, 0.25) is 0 Å². The number of aliphatic carboxylic acids is 1. The molecule has 0 aromatic carbocycles. The third-order valence-corrected chi connectivity index (χ3v) is 4.30. The lowest BCUT2D eigenvalue weighted by Gasteiger charge is -2.21. The minimum absolute atomic E-state index is 0.0688. The van der Waals surface area contributed by atoms with Crippen molar-refractivity contribution in [1.29, 1.82) is 0 Å². The number of amides is 5. The van der Waals surface area contributed by atoms with Gasteiger partial charge in [0.2, 0.25) is 29.5 Å². The Hall–Kier alpha value is -3.22. The number of rotatable bonds is 14. The molecular formula is C17H30N6O7. The van der Waals surface area contributed by atoms with Crippen molar-refractivity contribution in [3.05, 3.63) is 0 Å². The summed E-state index contributed by atoms with van der Waals surface area (Å²) in [6.45, 7) is 2.83. The predicted molar refractivity (Wildman–Crippen MR) is 104 cm³/mol. The smallest absolute Gasteiger partial charge is 0.326 e. The average molecular weight is 430 g/mol. The van der Waals surface area contributed by atoms with E-state index in [1.807, 2.05) is 0 Å². The van der Waals surface area contributed by atoms with Gasteiger partial charge in [-0.05, 0) is 12.3 Å². The quantitative estimate of drug-likeness (QED) is 0.147. The van der Waals surface area contributed by atoms with Crippen molar-refractivity contribution in [1.82, 2.24) is 16.0 Å². The molecule has 0 heterocycles. The van der Waals surface area contributed by atoms with Crippen LogP contribution in [-0.2, 0) is 28.8 Å². The Morgan fingerprint density at radius 3 is 2.03 bits per heavy atom. The Kier molecular flexibility index (Phi) is 11.7. The molecule has 0 fully saturated rings. The third-order valence-electron chi connectivity index (χ3n) is 4.30. The summed E-state index contributed by atoms with van der Waals surface area (Å²) in [5.74, 6) is -5.59. The summed E-state index contributed by atoms with van der Waals surface area (Å²) in [5, 5.41) is 15.9. The number of hydrogen-bond donors (Lipinski definition) is 7. The van der Waals surface area contributed by atoms with Gasteiger partial charge in [0.15, 0.2) is 0 Å². The number of primary amides is 2. The Balaban J connectivity index is 4.89. The van der Waals surface area contributed by atoms with E-state index in [-0.39, 0.29) is 18.8 Å². The van der Waals surface area contributed by atoms with Crippen LogP contribution in [0.5, 0.6) is 0 Å². The maximum Gasteiger partial charge on any atom is 0.326 e. The van der Waals surface area contributed by atoms with Gasteiger partial charge in [0.05, 0.1) is 19.0 Å². The van der Waals surface area contributed by atoms with Gasteiger partial charge in [-0.1, -0.05) is 20.3 Å². The number of carboxylic acid groups (broad SMARTS) is 1. The molecule has 4 unspecified atom stereocenters. The Morgan fingerprint density at radius 2 is 1.57 bits per heavy atom. The van der Waals surface area contributed by atoms with Gasteiger partial charge in [-0.25, -0.2) is 4.79 Å². The lowest BCUT2D eigenvalue weighted by atomic mass is 9.99. The van der Waals surface area contributed by atoms with E-state index in [1.54, 1.807) is 13.8 Å². The third kappa shape index (κ3) is 10.4. The van der Waals surface area contributed by atoms with Crippen LogP contribution in [0.15, 0.2) is 0 Å². The van der Waals surface area contributed by atoms with Crippen molar-refractivity contribution in [2.45, 2.75) is 57.7 Å². The molecule has 0 aliphatic rings. The van der Waals surface area contributed by atoms with Gasteiger partial charge >= 0.3 is 5.97 Å². The van der Waals surface area contributed by atoms with Gasteiger partial charge < -0.3 is 38.3 Å². The van der Waals surface area contributed by atoms with Crippen molar-refractivity contribution in [2.24, 2.45) is 23.1 Å². The minimum atomic E-state index is -1.41. The molecule has 30 heavy (non-hydrogen) atoms. The number of hydrogen-bond acceptors (Lipinski definition) is 7. The number of carbonyl (C=O) groups excluding carboxylic acids is 5. The Bertz CT molecular complexity index is 669. The van der Waals surface area contributed by atoms with Gasteiger partial charge in [0.1, 0.15) is 12.1 Å². The fraction of sp³-hybridized carbons (Fsp3) is 0.647. The second-order valence-electron chi connectivity index (χ2n) is 6.83. The maximum atomic E-state index is 12.3. The van der Waals surface area contributed by atoms with E-state index in [4.69, 9.17) is 17.2 Å². The molecule has 4 atom stereocenters. The fourth-order valence-corrected chi connectivity index (χ4v) is 2.32. The van der Waals surface area contributed by atoms with Gasteiger partial charge in [-0.3, -0.25) is 24.0 Å². The molecule has 0 aromatic rings. The van der Waals surface area contributed by atoms with E-state index in [0.29, 0.717) is 6.42 Å². The van der Waals surface area contributed by atoms with E-state index in [0.717, 1.165) is 0 Å². The highest BCUT2D eigenvalue weighted by Gasteiger charge is 2.28. The van der Waals surface area contributed by atoms with Crippen LogP contribution in [0.25, 0.3) is 0 Å². The zero-order chi connectivity index (χ0) is 23.4. The molecular weight excluding hydrogens is 400 g/mol. The van der Waals surface area contributed by atoms with E-state index in [9.17, 15) is 33.9 Å². The summed E-state index contributed by atoms with van der Waals surface area (Å²) in [6.07, 6.45) is -0.276. The molecule has 0 aliphatic carbocycles. The van der Waals surface area contributed by atoms with E-state index in [1.165, 1.54) is 0 Å². The first-order valence-corrected chi connectivity index (χ1v) is 9.31. The SMILES string of the molecule is CCC(C)C(NC(=O)CNC(=O)C(CC(N)=O)NC(=O)C(N)CCC(N)=O)C(=O)O. The van der Waals surface area contributed by atoms with Gasteiger partial charge in [-0.2, -0.15) is 0 Å². The first-order chi connectivity index (χ1) is 13.9. The second kappa shape index (κ2) is 13.1. The number of nitrogens with two attached hydrogens (primary N) is 3. The molecule has 0 aliphatic heterocycles. The summed E-state index contributed by atoms with van der Waals surface area (Å²) in [7, 11) is 0. The first kappa shape index (κ1) is 26.8. The van der Waals surface area contributed by atoms with Gasteiger partial charge in [0.25, 0.3) is 0 Å². The number of carbonyl (C=O) groups is 6. The van der Waals surface area contributed by atoms with Crippen molar-refractivity contribution in [3.8, 4) is 0 Å². The lowest BCUT2D eigenvalue weighted by molar-refractivity contribution is -0.143. The molecule has 170 valence electrons. The average Bonchev–Trinajstić information content (AvgIpc) is 2.66. The highest BCUT2D eigenvalue weighted by molar-refractivity contribution is 5.95. The molecule has 0 rings (SSSR count). The molecule has 0 radical (unpaired) electrons.